The first-order chi connectivity index (χ1) is 10.1. The average molecular weight is 302 g/mol. The number of nitrogens with two attached hydrogens (primary N) is 1. The quantitative estimate of drug-likeness (QED) is 0.906. The van der Waals surface area contributed by atoms with Crippen molar-refractivity contribution in [1.82, 2.24) is 20.2 Å². The molecule has 2 aromatic heterocycles. The maximum atomic E-state index is 6.26. The van der Waals surface area contributed by atoms with Crippen molar-refractivity contribution in [1.29, 1.82) is 0 Å². The SMILES string of the molecule is CC1=C(c2cn[nH]c2)N(c2nccc(C(C)C)n2)C(N)S1. The highest BCUT2D eigenvalue weighted by Crippen LogP contribution is 2.42. The second kappa shape index (κ2) is 5.50. The summed E-state index contributed by atoms with van der Waals surface area (Å²) in [7, 11) is 0. The van der Waals surface area contributed by atoms with Gasteiger partial charge in [-0.3, -0.25) is 10.00 Å². The van der Waals surface area contributed by atoms with Gasteiger partial charge < -0.3 is 5.73 Å². The number of thioether (sulfide) groups is 1. The second-order valence-corrected chi connectivity index (χ2v) is 6.54. The van der Waals surface area contributed by atoms with Gasteiger partial charge in [-0.05, 0) is 18.9 Å². The van der Waals surface area contributed by atoms with Crippen LogP contribution in [0.15, 0.2) is 29.6 Å². The van der Waals surface area contributed by atoms with Gasteiger partial charge in [0.05, 0.1) is 11.9 Å². The van der Waals surface area contributed by atoms with Gasteiger partial charge in [-0.1, -0.05) is 25.6 Å². The van der Waals surface area contributed by atoms with Crippen molar-refractivity contribution >= 4 is 23.4 Å². The van der Waals surface area contributed by atoms with Crippen molar-refractivity contribution < 1.29 is 0 Å². The van der Waals surface area contributed by atoms with Crippen LogP contribution < -0.4 is 10.6 Å². The van der Waals surface area contributed by atoms with Gasteiger partial charge in [0.2, 0.25) is 5.95 Å². The lowest BCUT2D eigenvalue weighted by Gasteiger charge is -2.24. The number of H-pyrrole nitrogens is 1. The first-order valence-electron chi connectivity index (χ1n) is 6.82. The lowest BCUT2D eigenvalue weighted by Crippen LogP contribution is -2.36. The van der Waals surface area contributed by atoms with Crippen molar-refractivity contribution in [3.63, 3.8) is 0 Å². The van der Waals surface area contributed by atoms with Gasteiger partial charge in [0, 0.05) is 28.6 Å². The van der Waals surface area contributed by atoms with E-state index in [4.69, 9.17) is 5.73 Å². The molecule has 1 aliphatic rings. The fourth-order valence-corrected chi connectivity index (χ4v) is 3.32. The van der Waals surface area contributed by atoms with Gasteiger partial charge in [-0.25, -0.2) is 9.97 Å². The number of aromatic nitrogens is 4. The molecule has 2 aromatic rings. The summed E-state index contributed by atoms with van der Waals surface area (Å²) in [6, 6.07) is 1.94. The molecule has 0 aromatic carbocycles. The van der Waals surface area contributed by atoms with E-state index in [0.717, 1.165) is 21.9 Å². The maximum absolute atomic E-state index is 6.26. The average Bonchev–Trinajstić information content (AvgIpc) is 3.06. The third-order valence-corrected chi connectivity index (χ3v) is 4.37. The standard InChI is InChI=1S/C14H18N6S/c1-8(2)11-4-5-16-14(19-11)20-12(9(3)21-13(20)15)10-6-17-18-7-10/h4-8,13H,15H2,1-3H3,(H,17,18). The van der Waals surface area contributed by atoms with Crippen molar-refractivity contribution in [3.8, 4) is 0 Å². The second-order valence-electron chi connectivity index (χ2n) is 5.21. The fraction of sp³-hybridized carbons (Fsp3) is 0.357. The van der Waals surface area contributed by atoms with Gasteiger partial charge in [-0.15, -0.1) is 0 Å². The molecule has 110 valence electrons. The number of anilines is 1. The first kappa shape index (κ1) is 14.1. The van der Waals surface area contributed by atoms with Gasteiger partial charge in [-0.2, -0.15) is 5.10 Å². The van der Waals surface area contributed by atoms with E-state index in [9.17, 15) is 0 Å². The summed E-state index contributed by atoms with van der Waals surface area (Å²) in [6.07, 6.45) is 5.43. The zero-order valence-electron chi connectivity index (χ0n) is 12.2. The number of nitrogens with zero attached hydrogens (tertiary/aromatic N) is 4. The Morgan fingerprint density at radius 3 is 2.90 bits per heavy atom. The van der Waals surface area contributed by atoms with E-state index in [1.54, 1.807) is 24.2 Å². The molecule has 0 amide bonds. The Labute approximate surface area is 127 Å². The van der Waals surface area contributed by atoms with Gasteiger partial charge in [0.15, 0.2) is 0 Å². The number of hydrogen-bond acceptors (Lipinski definition) is 6. The predicted octanol–water partition coefficient (Wildman–Crippen LogP) is 2.51. The molecule has 7 heteroatoms. The Morgan fingerprint density at radius 1 is 1.43 bits per heavy atom. The summed E-state index contributed by atoms with van der Waals surface area (Å²) in [5.41, 5.74) is 9.05. The molecule has 0 radical (unpaired) electrons. The summed E-state index contributed by atoms with van der Waals surface area (Å²) < 4.78 is 0. The Balaban J connectivity index is 2.05. The van der Waals surface area contributed by atoms with Crippen LogP contribution in [0.1, 0.15) is 37.9 Å². The maximum Gasteiger partial charge on any atom is 0.232 e. The molecular formula is C14H18N6S. The minimum atomic E-state index is -0.225. The van der Waals surface area contributed by atoms with Crippen molar-refractivity contribution in [2.24, 2.45) is 5.73 Å². The zero-order valence-corrected chi connectivity index (χ0v) is 13.1. The summed E-state index contributed by atoms with van der Waals surface area (Å²) in [5, 5.41) is 6.87. The van der Waals surface area contributed by atoms with Crippen LogP contribution in [0, 0.1) is 0 Å². The van der Waals surface area contributed by atoms with Crippen LogP contribution in [0.5, 0.6) is 0 Å². The molecule has 0 saturated carbocycles. The van der Waals surface area contributed by atoms with Crippen LogP contribution in [0.3, 0.4) is 0 Å². The molecule has 0 aliphatic carbocycles. The van der Waals surface area contributed by atoms with E-state index in [2.05, 4.69) is 40.9 Å². The molecule has 0 bridgehead atoms. The molecule has 6 nitrogen and oxygen atoms in total. The fourth-order valence-electron chi connectivity index (χ4n) is 2.32. The molecule has 0 saturated heterocycles. The zero-order chi connectivity index (χ0) is 15.0. The summed E-state index contributed by atoms with van der Waals surface area (Å²) in [5.74, 6) is 0.981. The Kier molecular flexibility index (Phi) is 3.69. The largest absolute Gasteiger partial charge is 0.302 e. The Hall–Kier alpha value is -1.86. The lowest BCUT2D eigenvalue weighted by molar-refractivity contribution is 0.796. The molecule has 1 atom stereocenters. The molecular weight excluding hydrogens is 284 g/mol. The van der Waals surface area contributed by atoms with Crippen molar-refractivity contribution in [3.05, 3.63) is 40.8 Å². The molecule has 0 spiro atoms. The highest BCUT2D eigenvalue weighted by molar-refractivity contribution is 8.04. The van der Waals surface area contributed by atoms with Gasteiger partial charge in [0.1, 0.15) is 5.50 Å². The van der Waals surface area contributed by atoms with Gasteiger partial charge >= 0.3 is 0 Å². The van der Waals surface area contributed by atoms with Gasteiger partial charge in [0.25, 0.3) is 0 Å². The normalized spacial score (nSPS) is 18.9. The van der Waals surface area contributed by atoms with E-state index in [0.29, 0.717) is 11.9 Å². The predicted molar refractivity (Wildman–Crippen MR) is 85.3 cm³/mol. The molecule has 3 N–H and O–H groups in total. The van der Waals surface area contributed by atoms with E-state index < -0.39 is 0 Å². The van der Waals surface area contributed by atoms with Crippen LogP contribution in [0.4, 0.5) is 5.95 Å². The smallest absolute Gasteiger partial charge is 0.232 e. The molecule has 3 rings (SSSR count). The summed E-state index contributed by atoms with van der Waals surface area (Å²) in [4.78, 5) is 12.2. The third-order valence-electron chi connectivity index (χ3n) is 3.37. The summed E-state index contributed by atoms with van der Waals surface area (Å²) in [6.45, 7) is 6.28. The van der Waals surface area contributed by atoms with E-state index in [-0.39, 0.29) is 5.50 Å². The molecule has 21 heavy (non-hydrogen) atoms. The monoisotopic (exact) mass is 302 g/mol. The number of hydrogen-bond donors (Lipinski definition) is 2. The Bertz CT molecular complexity index is 664. The molecule has 1 aliphatic heterocycles. The minimum Gasteiger partial charge on any atom is -0.302 e. The minimum absolute atomic E-state index is 0.225. The molecule has 1 unspecified atom stereocenters. The van der Waals surface area contributed by atoms with Crippen LogP contribution >= 0.6 is 11.8 Å². The number of aromatic amines is 1. The highest BCUT2D eigenvalue weighted by Gasteiger charge is 2.32. The topological polar surface area (TPSA) is 83.7 Å². The van der Waals surface area contributed by atoms with Crippen molar-refractivity contribution in [2.75, 3.05) is 4.90 Å². The molecule has 0 fully saturated rings. The van der Waals surface area contributed by atoms with Crippen molar-refractivity contribution in [2.45, 2.75) is 32.2 Å². The Morgan fingerprint density at radius 2 is 2.24 bits per heavy atom. The van der Waals surface area contributed by atoms with Crippen LogP contribution in [-0.4, -0.2) is 25.7 Å². The first-order valence-corrected chi connectivity index (χ1v) is 7.70. The van der Waals surface area contributed by atoms with Crippen LogP contribution in [0.25, 0.3) is 5.70 Å². The number of nitrogens with one attached hydrogen (secondary N) is 1. The number of rotatable bonds is 3. The molecule has 3 heterocycles. The van der Waals surface area contributed by atoms with E-state index in [1.165, 1.54) is 0 Å². The number of allylic oxidation sites excluding steroid dienone is 1. The van der Waals surface area contributed by atoms with Crippen LogP contribution in [0.2, 0.25) is 0 Å². The lowest BCUT2D eigenvalue weighted by atomic mass is 10.1. The van der Waals surface area contributed by atoms with E-state index in [1.807, 2.05) is 17.2 Å². The van der Waals surface area contributed by atoms with Crippen LogP contribution in [-0.2, 0) is 0 Å². The third kappa shape index (κ3) is 2.54. The summed E-state index contributed by atoms with van der Waals surface area (Å²) >= 11 is 1.61. The van der Waals surface area contributed by atoms with E-state index >= 15 is 0 Å². The highest BCUT2D eigenvalue weighted by atomic mass is 32.2.